The van der Waals surface area contributed by atoms with Crippen LogP contribution in [-0.4, -0.2) is 56.8 Å². The molecule has 3 rings (SSSR count). The molecule has 6 nitrogen and oxygen atoms in total. The molecule has 0 aliphatic carbocycles. The Labute approximate surface area is 177 Å². The highest BCUT2D eigenvalue weighted by molar-refractivity contribution is 7.89. The first kappa shape index (κ1) is 22.4. The predicted octanol–water partition coefficient (Wildman–Crippen LogP) is 2.79. The van der Waals surface area contributed by atoms with Gasteiger partial charge in [0.25, 0.3) is 0 Å². The number of nitrogens with zero attached hydrogens (tertiary/aromatic N) is 2. The first-order chi connectivity index (χ1) is 14.3. The SMILES string of the molecule is CN(C)C(CNC(=O)C1CCCCN1S(=O)(=O)c1ccccc1)c1ccc(F)cc1. The van der Waals surface area contributed by atoms with Crippen LogP contribution < -0.4 is 5.32 Å². The highest BCUT2D eigenvalue weighted by atomic mass is 32.2. The van der Waals surface area contributed by atoms with Crippen LogP contribution in [0.5, 0.6) is 0 Å². The van der Waals surface area contributed by atoms with Gasteiger partial charge in [-0.15, -0.1) is 0 Å². The van der Waals surface area contributed by atoms with Gasteiger partial charge < -0.3 is 10.2 Å². The van der Waals surface area contributed by atoms with Crippen molar-refractivity contribution in [1.29, 1.82) is 0 Å². The molecule has 0 aromatic heterocycles. The molecule has 1 aliphatic heterocycles. The molecule has 0 saturated carbocycles. The van der Waals surface area contributed by atoms with Crippen LogP contribution in [0.3, 0.4) is 0 Å². The first-order valence-electron chi connectivity index (χ1n) is 10.1. The number of amides is 1. The van der Waals surface area contributed by atoms with Gasteiger partial charge in [0.15, 0.2) is 0 Å². The summed E-state index contributed by atoms with van der Waals surface area (Å²) in [4.78, 5) is 15.1. The molecule has 0 radical (unpaired) electrons. The summed E-state index contributed by atoms with van der Waals surface area (Å²) in [6, 6.07) is 13.5. The Morgan fingerprint density at radius 2 is 1.80 bits per heavy atom. The number of halogens is 1. The molecule has 2 unspecified atom stereocenters. The van der Waals surface area contributed by atoms with Crippen LogP contribution in [0, 0.1) is 5.82 Å². The van der Waals surface area contributed by atoms with E-state index in [0.29, 0.717) is 19.5 Å². The lowest BCUT2D eigenvalue weighted by Gasteiger charge is -2.34. The van der Waals surface area contributed by atoms with Crippen molar-refractivity contribution < 1.29 is 17.6 Å². The lowest BCUT2D eigenvalue weighted by atomic mass is 10.0. The van der Waals surface area contributed by atoms with Gasteiger partial charge in [-0.2, -0.15) is 4.31 Å². The van der Waals surface area contributed by atoms with Crippen LogP contribution in [0.1, 0.15) is 30.9 Å². The van der Waals surface area contributed by atoms with Crippen molar-refractivity contribution in [2.75, 3.05) is 27.2 Å². The van der Waals surface area contributed by atoms with E-state index in [1.807, 2.05) is 19.0 Å². The van der Waals surface area contributed by atoms with Crippen LogP contribution in [0.4, 0.5) is 4.39 Å². The molecule has 1 saturated heterocycles. The number of hydrogen-bond acceptors (Lipinski definition) is 4. The van der Waals surface area contributed by atoms with E-state index in [2.05, 4.69) is 5.32 Å². The minimum Gasteiger partial charge on any atom is -0.353 e. The third kappa shape index (κ3) is 5.06. The average molecular weight is 434 g/mol. The highest BCUT2D eigenvalue weighted by Crippen LogP contribution is 2.26. The summed E-state index contributed by atoms with van der Waals surface area (Å²) in [5, 5.41) is 2.92. The van der Waals surface area contributed by atoms with Crippen LogP contribution in [0.2, 0.25) is 0 Å². The molecular weight excluding hydrogens is 405 g/mol. The van der Waals surface area contributed by atoms with Gasteiger partial charge in [-0.25, -0.2) is 12.8 Å². The smallest absolute Gasteiger partial charge is 0.243 e. The van der Waals surface area contributed by atoms with E-state index < -0.39 is 16.1 Å². The quantitative estimate of drug-likeness (QED) is 0.729. The Hall–Kier alpha value is -2.29. The number of nitrogens with one attached hydrogen (secondary N) is 1. The number of sulfonamides is 1. The van der Waals surface area contributed by atoms with Gasteiger partial charge in [-0.3, -0.25) is 4.79 Å². The van der Waals surface area contributed by atoms with Gasteiger partial charge in [0.2, 0.25) is 15.9 Å². The van der Waals surface area contributed by atoms with E-state index >= 15 is 0 Å². The lowest BCUT2D eigenvalue weighted by Crippen LogP contribution is -2.52. The molecule has 2 aromatic carbocycles. The van der Waals surface area contributed by atoms with E-state index in [4.69, 9.17) is 0 Å². The van der Waals surface area contributed by atoms with Crippen LogP contribution >= 0.6 is 0 Å². The lowest BCUT2D eigenvalue weighted by molar-refractivity contribution is -0.125. The van der Waals surface area contributed by atoms with Gasteiger partial charge in [-0.05, 0) is 56.8 Å². The fraction of sp³-hybridized carbons (Fsp3) is 0.409. The topological polar surface area (TPSA) is 69.7 Å². The minimum absolute atomic E-state index is 0.155. The fourth-order valence-electron chi connectivity index (χ4n) is 3.78. The minimum atomic E-state index is -3.75. The molecule has 1 fully saturated rings. The van der Waals surface area contributed by atoms with Crippen molar-refractivity contribution in [3.05, 3.63) is 66.0 Å². The van der Waals surface area contributed by atoms with Gasteiger partial charge in [0.05, 0.1) is 10.9 Å². The van der Waals surface area contributed by atoms with E-state index in [1.54, 1.807) is 42.5 Å². The average Bonchev–Trinajstić information content (AvgIpc) is 2.75. The molecule has 8 heteroatoms. The largest absolute Gasteiger partial charge is 0.353 e. The standard InChI is InChI=1S/C22H28FN3O3S/c1-25(2)21(17-11-13-18(23)14-12-17)16-24-22(27)20-10-6-7-15-26(20)30(28,29)19-8-4-3-5-9-19/h3-5,8-9,11-14,20-21H,6-7,10,15-16H2,1-2H3,(H,24,27). The first-order valence-corrected chi connectivity index (χ1v) is 11.5. The Kier molecular flexibility index (Phi) is 7.23. The second kappa shape index (κ2) is 9.68. The van der Waals surface area contributed by atoms with E-state index in [-0.39, 0.29) is 22.7 Å². The zero-order valence-electron chi connectivity index (χ0n) is 17.3. The van der Waals surface area contributed by atoms with E-state index in [1.165, 1.54) is 16.4 Å². The summed E-state index contributed by atoms with van der Waals surface area (Å²) < 4.78 is 40.8. The molecule has 1 heterocycles. The predicted molar refractivity (Wildman–Crippen MR) is 114 cm³/mol. The molecule has 1 amide bonds. The number of benzene rings is 2. The zero-order valence-corrected chi connectivity index (χ0v) is 18.1. The maximum atomic E-state index is 13.3. The molecule has 1 N–H and O–H groups in total. The van der Waals surface area contributed by atoms with Gasteiger partial charge in [0, 0.05) is 13.1 Å². The van der Waals surface area contributed by atoms with Crippen molar-refractivity contribution in [3.63, 3.8) is 0 Å². The van der Waals surface area contributed by atoms with Crippen molar-refractivity contribution in [2.45, 2.75) is 36.2 Å². The maximum absolute atomic E-state index is 13.3. The maximum Gasteiger partial charge on any atom is 0.243 e. The molecule has 0 spiro atoms. The summed E-state index contributed by atoms with van der Waals surface area (Å²) >= 11 is 0. The molecule has 30 heavy (non-hydrogen) atoms. The molecular formula is C22H28FN3O3S. The van der Waals surface area contributed by atoms with Gasteiger partial charge in [0.1, 0.15) is 11.9 Å². The van der Waals surface area contributed by atoms with E-state index in [0.717, 1.165) is 18.4 Å². The Bertz CT molecular complexity index is 949. The third-order valence-electron chi connectivity index (χ3n) is 5.45. The number of piperidine rings is 1. The molecule has 0 bridgehead atoms. The van der Waals surface area contributed by atoms with Crippen LogP contribution in [-0.2, 0) is 14.8 Å². The van der Waals surface area contributed by atoms with Crippen molar-refractivity contribution in [3.8, 4) is 0 Å². The second-order valence-corrected chi connectivity index (χ2v) is 9.61. The highest BCUT2D eigenvalue weighted by Gasteiger charge is 2.37. The Balaban J connectivity index is 1.74. The van der Waals surface area contributed by atoms with Gasteiger partial charge in [-0.1, -0.05) is 36.8 Å². The molecule has 2 atom stereocenters. The number of carbonyl (C=O) groups is 1. The van der Waals surface area contributed by atoms with E-state index in [9.17, 15) is 17.6 Å². The normalized spacial score (nSPS) is 18.9. The third-order valence-corrected chi connectivity index (χ3v) is 7.38. The number of rotatable bonds is 7. The zero-order chi connectivity index (χ0) is 21.7. The number of likely N-dealkylation sites (N-methyl/N-ethyl adjacent to an activating group) is 1. The van der Waals surface area contributed by atoms with Crippen molar-refractivity contribution in [1.82, 2.24) is 14.5 Å². The summed E-state index contributed by atoms with van der Waals surface area (Å²) in [7, 11) is 0.0162. The number of carbonyl (C=O) groups excluding carboxylic acids is 1. The van der Waals surface area contributed by atoms with Gasteiger partial charge >= 0.3 is 0 Å². The van der Waals surface area contributed by atoms with Crippen molar-refractivity contribution >= 4 is 15.9 Å². The number of hydrogen-bond donors (Lipinski definition) is 1. The summed E-state index contributed by atoms with van der Waals surface area (Å²) in [6.45, 7) is 0.623. The summed E-state index contributed by atoms with van der Waals surface area (Å²) in [5.74, 6) is -0.618. The van der Waals surface area contributed by atoms with Crippen LogP contribution in [0.15, 0.2) is 59.5 Å². The summed E-state index contributed by atoms with van der Waals surface area (Å²) in [5.41, 5.74) is 0.874. The molecule has 1 aliphatic rings. The van der Waals surface area contributed by atoms with Crippen LogP contribution in [0.25, 0.3) is 0 Å². The van der Waals surface area contributed by atoms with Crippen molar-refractivity contribution in [2.24, 2.45) is 0 Å². The fourth-order valence-corrected chi connectivity index (χ4v) is 5.46. The second-order valence-electron chi connectivity index (χ2n) is 7.72. The summed E-state index contributed by atoms with van der Waals surface area (Å²) in [6.07, 6.45) is 2.01. The Morgan fingerprint density at radius 3 is 2.43 bits per heavy atom. The monoisotopic (exact) mass is 433 g/mol. The molecule has 162 valence electrons. The molecule has 2 aromatic rings. The Morgan fingerprint density at radius 1 is 1.13 bits per heavy atom.